The Bertz CT molecular complexity index is 784. The predicted octanol–water partition coefficient (Wildman–Crippen LogP) is 2.19. The van der Waals surface area contributed by atoms with E-state index in [2.05, 4.69) is 5.32 Å². The number of sulfonamides is 1. The molecule has 1 aliphatic rings. The maximum atomic E-state index is 13.0. The van der Waals surface area contributed by atoms with Gasteiger partial charge in [0.25, 0.3) is 0 Å². The van der Waals surface area contributed by atoms with E-state index >= 15 is 0 Å². The Labute approximate surface area is 163 Å². The summed E-state index contributed by atoms with van der Waals surface area (Å²) in [4.78, 5) is 13.0. The van der Waals surface area contributed by atoms with Crippen molar-refractivity contribution in [2.24, 2.45) is 17.6 Å². The van der Waals surface area contributed by atoms with Crippen molar-refractivity contribution in [2.45, 2.75) is 57.9 Å². The van der Waals surface area contributed by atoms with Crippen molar-refractivity contribution in [3.8, 4) is 0 Å². The molecule has 0 aromatic heterocycles. The number of aryl methyl sites for hydroxylation is 2. The lowest BCUT2D eigenvalue weighted by Gasteiger charge is -2.37. The minimum Gasteiger partial charge on any atom is -0.349 e. The molecule has 0 spiro atoms. The summed E-state index contributed by atoms with van der Waals surface area (Å²) in [5.74, 6) is 0.0110. The Kier molecular flexibility index (Phi) is 6.71. The molecule has 0 saturated carbocycles. The van der Waals surface area contributed by atoms with Crippen LogP contribution in [0.2, 0.25) is 0 Å². The number of carbonyl (C=O) groups excluding carboxylic acids is 1. The fourth-order valence-corrected chi connectivity index (χ4v) is 5.08. The Morgan fingerprint density at radius 2 is 1.89 bits per heavy atom. The summed E-state index contributed by atoms with van der Waals surface area (Å²) in [6.07, 6.45) is 1.05. The molecule has 0 aliphatic carbocycles. The van der Waals surface area contributed by atoms with Gasteiger partial charge in [-0.05, 0) is 51.2 Å². The first-order valence-electron chi connectivity index (χ1n) is 9.60. The zero-order chi connectivity index (χ0) is 20.4. The number of amides is 1. The molecule has 0 bridgehead atoms. The second-order valence-electron chi connectivity index (χ2n) is 8.21. The van der Waals surface area contributed by atoms with Gasteiger partial charge in [-0.1, -0.05) is 31.5 Å². The molecule has 3 N–H and O–H groups in total. The minimum atomic E-state index is -3.53. The molecule has 1 aromatic rings. The monoisotopic (exact) mass is 395 g/mol. The molecule has 6 nitrogen and oxygen atoms in total. The molecular formula is C20H33N3O3S. The highest BCUT2D eigenvalue weighted by molar-refractivity contribution is 7.89. The molecule has 152 valence electrons. The van der Waals surface area contributed by atoms with Crippen LogP contribution in [0, 0.1) is 25.7 Å². The molecule has 1 heterocycles. The van der Waals surface area contributed by atoms with E-state index in [1.165, 1.54) is 4.31 Å². The number of nitrogens with one attached hydrogen (secondary N) is 1. The van der Waals surface area contributed by atoms with Crippen molar-refractivity contribution in [1.29, 1.82) is 0 Å². The molecule has 1 aliphatic heterocycles. The SMILES string of the molecule is Cc1ccc(S(=O)(=O)N2CCC(C(=O)NC(C)(CN)C(C)C)CC2)c(C)c1. The van der Waals surface area contributed by atoms with Crippen LogP contribution < -0.4 is 11.1 Å². The van der Waals surface area contributed by atoms with Crippen molar-refractivity contribution < 1.29 is 13.2 Å². The summed E-state index contributed by atoms with van der Waals surface area (Å²) in [5.41, 5.74) is 7.20. The third-order valence-electron chi connectivity index (χ3n) is 5.88. The van der Waals surface area contributed by atoms with Crippen LogP contribution in [0.25, 0.3) is 0 Å². The molecule has 1 aromatic carbocycles. The zero-order valence-electron chi connectivity index (χ0n) is 17.1. The summed E-state index contributed by atoms with van der Waals surface area (Å²) < 4.78 is 27.4. The summed E-state index contributed by atoms with van der Waals surface area (Å²) in [5, 5.41) is 3.08. The lowest BCUT2D eigenvalue weighted by Crippen LogP contribution is -2.57. The number of piperidine rings is 1. The summed E-state index contributed by atoms with van der Waals surface area (Å²) in [6, 6.07) is 5.38. The first-order valence-corrected chi connectivity index (χ1v) is 11.0. The maximum absolute atomic E-state index is 13.0. The lowest BCUT2D eigenvalue weighted by molar-refractivity contribution is -0.128. The molecule has 1 fully saturated rings. The Morgan fingerprint density at radius 1 is 1.30 bits per heavy atom. The molecular weight excluding hydrogens is 362 g/mol. The molecule has 2 rings (SSSR count). The van der Waals surface area contributed by atoms with Crippen molar-refractivity contribution in [3.63, 3.8) is 0 Å². The average Bonchev–Trinajstić information content (AvgIpc) is 2.61. The van der Waals surface area contributed by atoms with Crippen molar-refractivity contribution in [2.75, 3.05) is 19.6 Å². The predicted molar refractivity (Wildman–Crippen MR) is 108 cm³/mol. The van der Waals surface area contributed by atoms with E-state index in [9.17, 15) is 13.2 Å². The van der Waals surface area contributed by atoms with Crippen LogP contribution in [0.4, 0.5) is 0 Å². The molecule has 1 atom stereocenters. The van der Waals surface area contributed by atoms with Gasteiger partial charge >= 0.3 is 0 Å². The highest BCUT2D eigenvalue weighted by Crippen LogP contribution is 2.27. The molecule has 0 radical (unpaired) electrons. The van der Waals surface area contributed by atoms with E-state index in [1.54, 1.807) is 6.07 Å². The fourth-order valence-electron chi connectivity index (χ4n) is 3.40. The van der Waals surface area contributed by atoms with Gasteiger partial charge in [0.15, 0.2) is 0 Å². The van der Waals surface area contributed by atoms with Crippen LogP contribution >= 0.6 is 0 Å². The van der Waals surface area contributed by atoms with Crippen molar-refractivity contribution in [3.05, 3.63) is 29.3 Å². The smallest absolute Gasteiger partial charge is 0.243 e. The second kappa shape index (κ2) is 8.29. The number of hydrogen-bond acceptors (Lipinski definition) is 4. The van der Waals surface area contributed by atoms with Crippen LogP contribution in [-0.2, 0) is 14.8 Å². The largest absolute Gasteiger partial charge is 0.349 e. The minimum absolute atomic E-state index is 0.0276. The quantitative estimate of drug-likeness (QED) is 0.772. The average molecular weight is 396 g/mol. The normalized spacial score (nSPS) is 19.1. The van der Waals surface area contributed by atoms with Gasteiger partial charge in [-0.25, -0.2) is 8.42 Å². The van der Waals surface area contributed by atoms with Gasteiger partial charge in [-0.3, -0.25) is 4.79 Å². The van der Waals surface area contributed by atoms with Crippen molar-refractivity contribution >= 4 is 15.9 Å². The first-order chi connectivity index (χ1) is 12.5. The number of nitrogens with two attached hydrogens (primary N) is 1. The molecule has 1 unspecified atom stereocenters. The van der Waals surface area contributed by atoms with Crippen LogP contribution in [0.1, 0.15) is 44.7 Å². The van der Waals surface area contributed by atoms with Crippen LogP contribution in [0.15, 0.2) is 23.1 Å². The topological polar surface area (TPSA) is 92.5 Å². The van der Waals surface area contributed by atoms with Gasteiger partial charge in [0.1, 0.15) is 0 Å². The van der Waals surface area contributed by atoms with Gasteiger partial charge < -0.3 is 11.1 Å². The number of rotatable bonds is 6. The number of benzene rings is 1. The maximum Gasteiger partial charge on any atom is 0.243 e. The van der Waals surface area contributed by atoms with Gasteiger partial charge in [-0.2, -0.15) is 4.31 Å². The van der Waals surface area contributed by atoms with Gasteiger partial charge in [-0.15, -0.1) is 0 Å². The van der Waals surface area contributed by atoms with E-state index < -0.39 is 15.6 Å². The molecule has 27 heavy (non-hydrogen) atoms. The van der Waals surface area contributed by atoms with E-state index in [1.807, 2.05) is 46.8 Å². The molecule has 1 amide bonds. The van der Waals surface area contributed by atoms with Crippen LogP contribution in [0.5, 0.6) is 0 Å². The zero-order valence-corrected chi connectivity index (χ0v) is 17.9. The Balaban J connectivity index is 2.05. The third-order valence-corrected chi connectivity index (χ3v) is 7.94. The number of nitrogens with zero attached hydrogens (tertiary/aromatic N) is 1. The van der Waals surface area contributed by atoms with Crippen LogP contribution in [0.3, 0.4) is 0 Å². The Morgan fingerprint density at radius 3 is 2.37 bits per heavy atom. The molecule has 7 heteroatoms. The van der Waals surface area contributed by atoms with E-state index in [-0.39, 0.29) is 17.7 Å². The summed E-state index contributed by atoms with van der Waals surface area (Å²) in [6.45, 7) is 10.9. The second-order valence-corrected chi connectivity index (χ2v) is 10.1. The fraction of sp³-hybridized carbons (Fsp3) is 0.650. The number of carbonyl (C=O) groups is 1. The van der Waals surface area contributed by atoms with E-state index in [4.69, 9.17) is 5.73 Å². The van der Waals surface area contributed by atoms with Gasteiger partial charge in [0, 0.05) is 25.6 Å². The number of hydrogen-bond donors (Lipinski definition) is 2. The third kappa shape index (κ3) is 4.70. The Hall–Kier alpha value is -1.44. The van der Waals surface area contributed by atoms with E-state index in [0.29, 0.717) is 37.4 Å². The van der Waals surface area contributed by atoms with Crippen molar-refractivity contribution in [1.82, 2.24) is 9.62 Å². The summed E-state index contributed by atoms with van der Waals surface area (Å²) >= 11 is 0. The summed E-state index contributed by atoms with van der Waals surface area (Å²) in [7, 11) is -3.53. The van der Waals surface area contributed by atoms with Gasteiger partial charge in [0.2, 0.25) is 15.9 Å². The van der Waals surface area contributed by atoms with E-state index in [0.717, 1.165) is 11.1 Å². The highest BCUT2D eigenvalue weighted by atomic mass is 32.2. The highest BCUT2D eigenvalue weighted by Gasteiger charge is 2.36. The molecule has 1 saturated heterocycles. The standard InChI is InChI=1S/C20H33N3O3S/c1-14(2)20(5,13-21)22-19(24)17-8-10-23(11-9-17)27(25,26)18-7-6-15(3)12-16(18)4/h6-7,12,14,17H,8-11,13,21H2,1-5H3,(H,22,24). The van der Waals surface area contributed by atoms with Gasteiger partial charge in [0.05, 0.1) is 10.4 Å². The lowest BCUT2D eigenvalue weighted by atomic mass is 9.87. The van der Waals surface area contributed by atoms with Crippen LogP contribution in [-0.4, -0.2) is 43.8 Å². The first kappa shape index (κ1) is 21.9.